The average molecular weight is 594 g/mol. The summed E-state index contributed by atoms with van der Waals surface area (Å²) in [6, 6.07) is 13.6. The molecule has 3 N–H and O–H groups in total. The van der Waals surface area contributed by atoms with E-state index in [0.29, 0.717) is 17.3 Å². The van der Waals surface area contributed by atoms with Crippen LogP contribution in [0.5, 0.6) is 5.75 Å². The summed E-state index contributed by atoms with van der Waals surface area (Å²) in [6.45, 7) is 0. The van der Waals surface area contributed by atoms with Gasteiger partial charge in [0.05, 0.1) is 18.5 Å². The van der Waals surface area contributed by atoms with Crippen LogP contribution in [0.4, 0.5) is 21.6 Å². The Balaban J connectivity index is 0.00000182. The Hall–Kier alpha value is -2.02. The maximum Gasteiger partial charge on any atom is 2.00 e. The maximum atomic E-state index is 13.5. The molecule has 9 heteroatoms. The molecule has 3 aromatic rings. The number of hydrogen-bond donors (Lipinski definition) is 3. The average Bonchev–Trinajstić information content (AvgIpc) is 2.61. The van der Waals surface area contributed by atoms with Crippen molar-refractivity contribution in [1.82, 2.24) is 9.97 Å². The third kappa shape index (κ3) is 5.73. The van der Waals surface area contributed by atoms with Crippen LogP contribution in [0.1, 0.15) is 0 Å². The summed E-state index contributed by atoms with van der Waals surface area (Å²) >= 11 is 0. The molecule has 1 unspecified atom stereocenters. The number of hydrogen-bond acceptors (Lipinski definition) is 6. The Morgan fingerprint density at radius 1 is 1.22 bits per heavy atom. The van der Waals surface area contributed by atoms with Crippen LogP contribution < -0.4 is 15.3 Å². The molecule has 0 amide bonds. The number of rotatable bonds is 5. The summed E-state index contributed by atoms with van der Waals surface area (Å²) in [6.07, 6.45) is 1.35. The van der Waals surface area contributed by atoms with E-state index in [1.807, 2.05) is 24.3 Å². The fourth-order valence-corrected chi connectivity index (χ4v) is 2.30. The number of ether oxygens (including phenoxy) is 1. The predicted octanol–water partition coefficient (Wildman–Crippen LogP) is 2.69. The van der Waals surface area contributed by atoms with E-state index in [4.69, 9.17) is 9.94 Å². The van der Waals surface area contributed by atoms with E-state index in [0.717, 1.165) is 11.6 Å². The first-order valence-corrected chi connectivity index (χ1v) is 7.25. The molecular weight excluding hydrogens is 577 g/mol. The normalized spacial score (nSPS) is 11.0. The van der Waals surface area contributed by atoms with Crippen molar-refractivity contribution in [1.29, 1.82) is 0 Å². The van der Waals surface area contributed by atoms with Gasteiger partial charge in [0.2, 0.25) is 0 Å². The molecule has 0 aliphatic rings. The standard InChI is InChI=1S/C17H14FN4O3.CH3.U/c1-25-16-5-3-2-4-14(16)15-9-17(20-10-19-15)21-12-6-11(18)7-13(8-12)22(23)24;;/h2-6,8-10,22-23H,1H3,(H,19,20,21);1H3;/q2*-1;+2. The van der Waals surface area contributed by atoms with Gasteiger partial charge < -0.3 is 22.7 Å². The van der Waals surface area contributed by atoms with Gasteiger partial charge in [0, 0.05) is 17.4 Å². The predicted molar refractivity (Wildman–Crippen MR) is 94.7 cm³/mol. The number of aromatic nitrogens is 2. The molecule has 0 fully saturated rings. The van der Waals surface area contributed by atoms with Crippen LogP contribution in [-0.2, 0) is 0 Å². The Bertz CT molecular complexity index is 896. The van der Waals surface area contributed by atoms with Crippen molar-refractivity contribution in [3.05, 3.63) is 73.3 Å². The molecule has 0 saturated heterocycles. The summed E-state index contributed by atoms with van der Waals surface area (Å²) < 4.78 is 18.8. The fraction of sp³-hybridized carbons (Fsp3) is 0.0556. The van der Waals surface area contributed by atoms with Gasteiger partial charge in [0.15, 0.2) is 0 Å². The minimum Gasteiger partial charge on any atom is -0.596 e. The largest absolute Gasteiger partial charge is 2.00 e. The molecule has 0 spiro atoms. The van der Waals surface area contributed by atoms with Crippen molar-refractivity contribution in [2.24, 2.45) is 0 Å². The second-order valence-corrected chi connectivity index (χ2v) is 5.05. The minimum absolute atomic E-state index is 0. The van der Waals surface area contributed by atoms with Gasteiger partial charge in [-0.2, -0.15) is 0 Å². The number of halogens is 1. The van der Waals surface area contributed by atoms with Gasteiger partial charge in [-0.15, -0.1) is 6.07 Å². The van der Waals surface area contributed by atoms with Gasteiger partial charge >= 0.3 is 31.1 Å². The molecule has 27 heavy (non-hydrogen) atoms. The first-order chi connectivity index (χ1) is 12.1. The van der Waals surface area contributed by atoms with Crippen LogP contribution in [0.2, 0.25) is 0 Å². The number of para-hydroxylation sites is 1. The van der Waals surface area contributed by atoms with Gasteiger partial charge in [-0.3, -0.25) is 0 Å². The van der Waals surface area contributed by atoms with Crippen LogP contribution in [-0.4, -0.2) is 22.3 Å². The zero-order valence-electron chi connectivity index (χ0n) is 14.7. The minimum atomic E-state index is -1.26. The van der Waals surface area contributed by atoms with Crippen LogP contribution in [0, 0.1) is 55.6 Å². The van der Waals surface area contributed by atoms with Crippen LogP contribution >= 0.6 is 0 Å². The SMILES string of the molecule is COc1ccccc1-c1cc(Nc2cc(F)[c-]c([NH+]([O-])O)c2)ncn1.[CH3-].[U+2]. The van der Waals surface area contributed by atoms with E-state index >= 15 is 0 Å². The van der Waals surface area contributed by atoms with Gasteiger partial charge in [-0.05, 0) is 12.1 Å². The van der Waals surface area contributed by atoms with Crippen molar-refractivity contribution >= 4 is 17.2 Å². The van der Waals surface area contributed by atoms with Crippen LogP contribution in [0.3, 0.4) is 0 Å². The summed E-state index contributed by atoms with van der Waals surface area (Å²) in [4.78, 5) is 8.29. The molecule has 2 aromatic carbocycles. The summed E-state index contributed by atoms with van der Waals surface area (Å²) in [5.41, 5.74) is 1.35. The molecule has 0 aliphatic carbocycles. The summed E-state index contributed by atoms with van der Waals surface area (Å²) in [5, 5.41) is 21.6. The monoisotopic (exact) mass is 594 g/mol. The van der Waals surface area contributed by atoms with E-state index in [9.17, 15) is 9.60 Å². The Morgan fingerprint density at radius 2 is 1.96 bits per heavy atom. The van der Waals surface area contributed by atoms with E-state index in [1.165, 1.54) is 12.4 Å². The smallest absolute Gasteiger partial charge is 0.596 e. The molecule has 0 radical (unpaired) electrons. The van der Waals surface area contributed by atoms with Crippen molar-refractivity contribution < 1.29 is 50.7 Å². The van der Waals surface area contributed by atoms with Gasteiger partial charge in [-0.1, -0.05) is 30.0 Å². The number of nitrogens with zero attached hydrogens (tertiary/aromatic N) is 2. The third-order valence-corrected chi connectivity index (χ3v) is 3.39. The number of nitrogens with one attached hydrogen (secondary N) is 2. The fourth-order valence-electron chi connectivity index (χ4n) is 2.30. The molecule has 0 bridgehead atoms. The number of methoxy groups -OCH3 is 1. The first kappa shape index (κ1) is 23.0. The Kier molecular flexibility index (Phi) is 8.83. The molecule has 1 heterocycles. The second kappa shape index (κ2) is 10.4. The van der Waals surface area contributed by atoms with Crippen molar-refractivity contribution in [2.45, 2.75) is 0 Å². The van der Waals surface area contributed by atoms with Gasteiger partial charge in [-0.25, -0.2) is 24.8 Å². The van der Waals surface area contributed by atoms with Crippen LogP contribution in [0.25, 0.3) is 11.3 Å². The molecule has 1 atom stereocenters. The number of benzene rings is 2. The topological polar surface area (TPSA) is 94.8 Å². The number of anilines is 2. The van der Waals surface area contributed by atoms with E-state index in [1.54, 1.807) is 13.2 Å². The second-order valence-electron chi connectivity index (χ2n) is 5.05. The Morgan fingerprint density at radius 3 is 2.67 bits per heavy atom. The van der Waals surface area contributed by atoms with Gasteiger partial charge in [0.1, 0.15) is 17.9 Å². The quantitative estimate of drug-likeness (QED) is 0.311. The van der Waals surface area contributed by atoms with Crippen LogP contribution in [0.15, 0.2) is 48.8 Å². The molecule has 138 valence electrons. The maximum absolute atomic E-state index is 13.5. The molecule has 3 rings (SSSR count). The molecule has 0 aliphatic heterocycles. The summed E-state index contributed by atoms with van der Waals surface area (Å²) in [5.74, 6) is 0.264. The summed E-state index contributed by atoms with van der Waals surface area (Å²) in [7, 11) is 1.57. The Labute approximate surface area is 180 Å². The van der Waals surface area contributed by atoms with E-state index in [-0.39, 0.29) is 49.9 Å². The zero-order chi connectivity index (χ0) is 17.8. The van der Waals surface area contributed by atoms with Crippen molar-refractivity contribution in [2.75, 3.05) is 12.4 Å². The van der Waals surface area contributed by atoms with Crippen molar-refractivity contribution in [3.63, 3.8) is 0 Å². The van der Waals surface area contributed by atoms with Crippen molar-refractivity contribution in [3.8, 4) is 17.0 Å². The third-order valence-electron chi connectivity index (χ3n) is 3.39. The molecule has 7 nitrogen and oxygen atoms in total. The van der Waals surface area contributed by atoms with E-state index < -0.39 is 11.0 Å². The molecular formula is C18H17FN4O3U. The first-order valence-electron chi connectivity index (χ1n) is 7.25. The molecule has 1 aromatic heterocycles. The van der Waals surface area contributed by atoms with Gasteiger partial charge in [0.25, 0.3) is 0 Å². The zero-order valence-corrected chi connectivity index (χ0v) is 18.8. The molecule has 0 saturated carbocycles. The number of quaternary nitrogens is 1. The van der Waals surface area contributed by atoms with E-state index in [2.05, 4.69) is 21.4 Å².